The van der Waals surface area contributed by atoms with Gasteiger partial charge in [0.15, 0.2) is 11.5 Å². The molecule has 1 amide bonds. The summed E-state index contributed by atoms with van der Waals surface area (Å²) in [4.78, 5) is 17.9. The Balaban J connectivity index is 1.28. The normalized spacial score (nSPS) is 30.1. The SMILES string of the molecule is O=C(CN1CCC[C@@H]1c1ccc2c(c1)OCCO2)N1CCC[C@@H]2CCCC[C@@H]21. The van der Waals surface area contributed by atoms with Crippen molar-refractivity contribution >= 4 is 5.91 Å². The Bertz CT molecular complexity index is 720. The standard InChI is InChI=1S/C23H32N2O3/c26-23(25-12-3-6-17-5-1-2-7-20(17)25)16-24-11-4-8-19(24)18-9-10-21-22(15-18)28-14-13-27-21/h9-10,15,17,19-20H,1-8,11-14,16H2/t17-,19+,20-/m0/s1. The van der Waals surface area contributed by atoms with Gasteiger partial charge in [0.1, 0.15) is 13.2 Å². The second-order valence-electron chi connectivity index (χ2n) is 8.87. The monoisotopic (exact) mass is 384 g/mol. The van der Waals surface area contributed by atoms with Crippen LogP contribution < -0.4 is 9.47 Å². The highest BCUT2D eigenvalue weighted by atomic mass is 16.6. The quantitative estimate of drug-likeness (QED) is 0.795. The van der Waals surface area contributed by atoms with Crippen molar-refractivity contribution in [2.45, 2.75) is 63.5 Å². The van der Waals surface area contributed by atoms with Crippen LogP contribution in [0.4, 0.5) is 0 Å². The fourth-order valence-corrected chi connectivity index (χ4v) is 5.86. The van der Waals surface area contributed by atoms with E-state index in [-0.39, 0.29) is 0 Å². The smallest absolute Gasteiger partial charge is 0.237 e. The zero-order valence-electron chi connectivity index (χ0n) is 16.8. The van der Waals surface area contributed by atoms with E-state index >= 15 is 0 Å². The summed E-state index contributed by atoms with van der Waals surface area (Å²) in [6, 6.07) is 7.12. The van der Waals surface area contributed by atoms with Crippen LogP contribution in [0.2, 0.25) is 0 Å². The number of nitrogens with zero attached hydrogens (tertiary/aromatic N) is 2. The van der Waals surface area contributed by atoms with Gasteiger partial charge in [-0.1, -0.05) is 18.9 Å². The molecule has 1 aromatic carbocycles. The second-order valence-corrected chi connectivity index (χ2v) is 8.87. The van der Waals surface area contributed by atoms with Crippen LogP contribution in [-0.4, -0.2) is 54.6 Å². The highest BCUT2D eigenvalue weighted by Crippen LogP contribution is 2.39. The van der Waals surface area contributed by atoms with Gasteiger partial charge in [0.05, 0.1) is 6.54 Å². The maximum atomic E-state index is 13.3. The Morgan fingerprint density at radius 1 is 0.929 bits per heavy atom. The van der Waals surface area contributed by atoms with Crippen LogP contribution in [0, 0.1) is 5.92 Å². The van der Waals surface area contributed by atoms with Crippen LogP contribution in [0.25, 0.3) is 0 Å². The molecule has 3 aliphatic heterocycles. The Morgan fingerprint density at radius 2 is 1.71 bits per heavy atom. The first-order chi connectivity index (χ1) is 13.8. The lowest BCUT2D eigenvalue weighted by atomic mass is 9.78. The molecular formula is C23H32N2O3. The van der Waals surface area contributed by atoms with E-state index in [2.05, 4.69) is 21.9 Å². The number of amides is 1. The number of hydrogen-bond acceptors (Lipinski definition) is 4. The largest absolute Gasteiger partial charge is 0.486 e. The summed E-state index contributed by atoms with van der Waals surface area (Å²) < 4.78 is 11.4. The fourth-order valence-electron chi connectivity index (χ4n) is 5.86. The fraction of sp³-hybridized carbons (Fsp3) is 0.696. The summed E-state index contributed by atoms with van der Waals surface area (Å²) in [6.07, 6.45) is 9.92. The van der Waals surface area contributed by atoms with Gasteiger partial charge in [-0.3, -0.25) is 9.69 Å². The molecule has 1 aliphatic carbocycles. The van der Waals surface area contributed by atoms with Crippen LogP contribution in [-0.2, 0) is 4.79 Å². The van der Waals surface area contributed by atoms with Crippen molar-refractivity contribution in [1.29, 1.82) is 0 Å². The van der Waals surface area contributed by atoms with E-state index in [1.807, 2.05) is 6.07 Å². The van der Waals surface area contributed by atoms with Crippen LogP contribution in [0.5, 0.6) is 11.5 Å². The van der Waals surface area contributed by atoms with Crippen molar-refractivity contribution in [2.24, 2.45) is 5.92 Å². The van der Waals surface area contributed by atoms with Gasteiger partial charge in [0.2, 0.25) is 5.91 Å². The van der Waals surface area contributed by atoms with E-state index in [1.165, 1.54) is 44.1 Å². The Morgan fingerprint density at radius 3 is 2.64 bits per heavy atom. The Labute approximate surface area is 168 Å². The van der Waals surface area contributed by atoms with E-state index in [1.54, 1.807) is 0 Å². The third-order valence-electron chi connectivity index (χ3n) is 7.22. The number of carbonyl (C=O) groups is 1. The zero-order chi connectivity index (χ0) is 18.9. The molecule has 5 heteroatoms. The van der Waals surface area contributed by atoms with Gasteiger partial charge in [-0.05, 0) is 68.7 Å². The van der Waals surface area contributed by atoms with Crippen LogP contribution in [0.1, 0.15) is 63.0 Å². The maximum absolute atomic E-state index is 13.3. The van der Waals surface area contributed by atoms with Gasteiger partial charge in [-0.2, -0.15) is 0 Å². The van der Waals surface area contributed by atoms with E-state index in [4.69, 9.17) is 9.47 Å². The third-order valence-corrected chi connectivity index (χ3v) is 7.22. The first kappa shape index (κ1) is 18.3. The third kappa shape index (κ3) is 3.49. The number of likely N-dealkylation sites (tertiary alicyclic amines) is 2. The summed E-state index contributed by atoms with van der Waals surface area (Å²) in [6.45, 7) is 3.76. The molecule has 3 fully saturated rings. The Hall–Kier alpha value is -1.75. The number of carbonyl (C=O) groups excluding carboxylic acids is 1. The average Bonchev–Trinajstić information content (AvgIpc) is 3.21. The van der Waals surface area contributed by atoms with E-state index < -0.39 is 0 Å². The molecular weight excluding hydrogens is 352 g/mol. The summed E-state index contributed by atoms with van der Waals surface area (Å²) in [5.41, 5.74) is 1.25. The van der Waals surface area contributed by atoms with Crippen LogP contribution in [0.15, 0.2) is 18.2 Å². The van der Waals surface area contributed by atoms with Crippen molar-refractivity contribution in [2.75, 3.05) is 32.8 Å². The molecule has 0 radical (unpaired) electrons. The molecule has 0 aromatic heterocycles. The van der Waals surface area contributed by atoms with Gasteiger partial charge < -0.3 is 14.4 Å². The second kappa shape index (κ2) is 7.94. The van der Waals surface area contributed by atoms with Crippen molar-refractivity contribution in [3.05, 3.63) is 23.8 Å². The first-order valence-electron chi connectivity index (χ1n) is 11.2. The average molecular weight is 385 g/mol. The molecule has 3 atom stereocenters. The van der Waals surface area contributed by atoms with Gasteiger partial charge in [0, 0.05) is 18.6 Å². The molecule has 0 bridgehead atoms. The van der Waals surface area contributed by atoms with Gasteiger partial charge in [-0.15, -0.1) is 0 Å². The molecule has 0 spiro atoms. The van der Waals surface area contributed by atoms with Gasteiger partial charge in [-0.25, -0.2) is 0 Å². The molecule has 1 aromatic rings. The molecule has 5 nitrogen and oxygen atoms in total. The van der Waals surface area contributed by atoms with Gasteiger partial charge in [0.25, 0.3) is 0 Å². The molecule has 0 N–H and O–H groups in total. The lowest BCUT2D eigenvalue weighted by Gasteiger charge is -2.44. The highest BCUT2D eigenvalue weighted by Gasteiger charge is 2.37. The summed E-state index contributed by atoms with van der Waals surface area (Å²) >= 11 is 0. The molecule has 2 saturated heterocycles. The van der Waals surface area contributed by atoms with E-state index in [0.717, 1.165) is 43.3 Å². The van der Waals surface area contributed by atoms with E-state index in [0.29, 0.717) is 37.7 Å². The predicted molar refractivity (Wildman–Crippen MR) is 108 cm³/mol. The highest BCUT2D eigenvalue weighted by molar-refractivity contribution is 5.79. The van der Waals surface area contributed by atoms with Crippen molar-refractivity contribution in [3.8, 4) is 11.5 Å². The summed E-state index contributed by atoms with van der Waals surface area (Å²) in [5, 5.41) is 0. The minimum atomic E-state index is 0.312. The number of benzene rings is 1. The molecule has 28 heavy (non-hydrogen) atoms. The lowest BCUT2D eigenvalue weighted by Crippen LogP contribution is -2.52. The van der Waals surface area contributed by atoms with Crippen molar-refractivity contribution < 1.29 is 14.3 Å². The number of ether oxygens (including phenoxy) is 2. The lowest BCUT2D eigenvalue weighted by molar-refractivity contribution is -0.139. The predicted octanol–water partition coefficient (Wildman–Crippen LogP) is 3.78. The molecule has 3 heterocycles. The molecule has 4 aliphatic rings. The number of rotatable bonds is 3. The zero-order valence-corrected chi connectivity index (χ0v) is 16.8. The van der Waals surface area contributed by atoms with Crippen molar-refractivity contribution in [1.82, 2.24) is 9.80 Å². The summed E-state index contributed by atoms with van der Waals surface area (Å²) in [7, 11) is 0. The molecule has 1 saturated carbocycles. The first-order valence-corrected chi connectivity index (χ1v) is 11.2. The maximum Gasteiger partial charge on any atom is 0.237 e. The minimum Gasteiger partial charge on any atom is -0.486 e. The van der Waals surface area contributed by atoms with Crippen molar-refractivity contribution in [3.63, 3.8) is 0 Å². The molecule has 152 valence electrons. The minimum absolute atomic E-state index is 0.312. The number of fused-ring (bicyclic) bond motifs is 2. The van der Waals surface area contributed by atoms with E-state index in [9.17, 15) is 4.79 Å². The number of hydrogen-bond donors (Lipinski definition) is 0. The molecule has 0 unspecified atom stereocenters. The van der Waals surface area contributed by atoms with Gasteiger partial charge >= 0.3 is 0 Å². The summed E-state index contributed by atoms with van der Waals surface area (Å²) in [5.74, 6) is 2.79. The Kier molecular flexibility index (Phi) is 5.19. The van der Waals surface area contributed by atoms with Crippen LogP contribution in [0.3, 0.4) is 0 Å². The topological polar surface area (TPSA) is 42.0 Å². The number of piperidine rings is 1. The van der Waals surface area contributed by atoms with Crippen LogP contribution >= 0.6 is 0 Å². The molecule has 5 rings (SSSR count).